The number of aliphatic hydroxyl groups excluding tert-OH is 1. The van der Waals surface area contributed by atoms with Crippen LogP contribution in [0.2, 0.25) is 0 Å². The van der Waals surface area contributed by atoms with Crippen LogP contribution in [-0.4, -0.2) is 53.2 Å². The Balaban J connectivity index is 1.66. The van der Waals surface area contributed by atoms with Crippen LogP contribution in [0.3, 0.4) is 0 Å². The third kappa shape index (κ3) is 4.08. The highest BCUT2D eigenvalue weighted by Crippen LogP contribution is 2.37. The minimum atomic E-state index is -0.999. The molecule has 2 aliphatic rings. The molecule has 1 N–H and O–H groups in total. The molecule has 6 nitrogen and oxygen atoms in total. The van der Waals surface area contributed by atoms with Crippen molar-refractivity contribution in [2.75, 3.05) is 19.8 Å². The molecule has 2 aliphatic heterocycles. The number of hydrogen-bond acceptors (Lipinski definition) is 5. The van der Waals surface area contributed by atoms with E-state index in [0.717, 1.165) is 22.4 Å². The van der Waals surface area contributed by atoms with Crippen LogP contribution in [0.25, 0.3) is 0 Å². The molecule has 2 heterocycles. The lowest BCUT2D eigenvalue weighted by atomic mass is 9.85. The number of rotatable bonds is 7. The first-order valence-electron chi connectivity index (χ1n) is 10.6. The van der Waals surface area contributed by atoms with Crippen LogP contribution in [0.4, 0.5) is 0 Å². The Kier molecular flexibility index (Phi) is 6.09. The minimum absolute atomic E-state index is 0.0324. The molecule has 0 aliphatic carbocycles. The summed E-state index contributed by atoms with van der Waals surface area (Å²) in [5, 5.41) is 8.88. The molecule has 1 amide bonds. The summed E-state index contributed by atoms with van der Waals surface area (Å²) in [6.07, 6.45) is 2.44. The summed E-state index contributed by atoms with van der Waals surface area (Å²) in [5.41, 5.74) is 2.06. The van der Waals surface area contributed by atoms with Gasteiger partial charge in [-0.1, -0.05) is 30.3 Å². The lowest BCUT2D eigenvalue weighted by Gasteiger charge is -2.31. The third-order valence-corrected chi connectivity index (χ3v) is 5.88. The maximum Gasteiger partial charge on any atom is 0.255 e. The SMILES string of the molecule is C=CCN1Cc2ccccc2C[C@@]2(N=C(c3ccc(OCCCO)cc3)O[C@H]2C)C1=O. The average molecular weight is 421 g/mol. The number of fused-ring (bicyclic) bond motifs is 1. The molecule has 0 bridgehead atoms. The number of ether oxygens (including phenoxy) is 2. The maximum atomic E-state index is 13.7. The zero-order valence-electron chi connectivity index (χ0n) is 17.8. The van der Waals surface area contributed by atoms with E-state index in [0.29, 0.717) is 38.4 Å². The Morgan fingerprint density at radius 2 is 2.00 bits per heavy atom. The summed E-state index contributed by atoms with van der Waals surface area (Å²) in [6.45, 7) is 7.30. The Bertz CT molecular complexity index is 985. The molecule has 2 atom stereocenters. The van der Waals surface area contributed by atoms with Crippen LogP contribution in [0, 0.1) is 0 Å². The normalized spacial score (nSPS) is 22.5. The number of aliphatic hydroxyl groups is 1. The van der Waals surface area contributed by atoms with Crippen LogP contribution in [0.1, 0.15) is 30.0 Å². The first-order chi connectivity index (χ1) is 15.1. The zero-order chi connectivity index (χ0) is 21.8. The highest BCUT2D eigenvalue weighted by Gasteiger charge is 2.53. The number of carbonyl (C=O) groups is 1. The number of benzene rings is 2. The van der Waals surface area contributed by atoms with Gasteiger partial charge < -0.3 is 19.5 Å². The zero-order valence-corrected chi connectivity index (χ0v) is 17.8. The Labute approximate surface area is 182 Å². The number of carbonyl (C=O) groups excluding carboxylic acids is 1. The van der Waals surface area contributed by atoms with Gasteiger partial charge in [-0.3, -0.25) is 4.79 Å². The van der Waals surface area contributed by atoms with E-state index in [1.165, 1.54) is 0 Å². The van der Waals surface area contributed by atoms with Gasteiger partial charge in [0.25, 0.3) is 5.91 Å². The molecule has 0 unspecified atom stereocenters. The monoisotopic (exact) mass is 420 g/mol. The molecule has 1 spiro atoms. The van der Waals surface area contributed by atoms with Gasteiger partial charge in [0, 0.05) is 38.1 Å². The van der Waals surface area contributed by atoms with Crippen molar-refractivity contribution >= 4 is 11.8 Å². The van der Waals surface area contributed by atoms with Gasteiger partial charge in [0.15, 0.2) is 5.54 Å². The average Bonchev–Trinajstić information content (AvgIpc) is 3.05. The molecule has 0 saturated heterocycles. The molecule has 162 valence electrons. The number of hydrogen-bond donors (Lipinski definition) is 1. The van der Waals surface area contributed by atoms with E-state index in [4.69, 9.17) is 19.6 Å². The van der Waals surface area contributed by atoms with Gasteiger partial charge >= 0.3 is 0 Å². The summed E-state index contributed by atoms with van der Waals surface area (Å²) in [7, 11) is 0. The van der Waals surface area contributed by atoms with Crippen LogP contribution in [0.15, 0.2) is 66.2 Å². The van der Waals surface area contributed by atoms with E-state index in [1.54, 1.807) is 6.08 Å². The molecule has 31 heavy (non-hydrogen) atoms. The molecule has 4 rings (SSSR count). The van der Waals surface area contributed by atoms with E-state index in [-0.39, 0.29) is 12.5 Å². The van der Waals surface area contributed by atoms with Crippen molar-refractivity contribution in [1.82, 2.24) is 4.90 Å². The second-order valence-corrected chi connectivity index (χ2v) is 7.97. The topological polar surface area (TPSA) is 71.4 Å². The summed E-state index contributed by atoms with van der Waals surface area (Å²) >= 11 is 0. The summed E-state index contributed by atoms with van der Waals surface area (Å²) < 4.78 is 11.7. The number of amides is 1. The first-order valence-corrected chi connectivity index (χ1v) is 10.6. The van der Waals surface area contributed by atoms with Crippen molar-refractivity contribution in [3.63, 3.8) is 0 Å². The lowest BCUT2D eigenvalue weighted by molar-refractivity contribution is -0.138. The standard InChI is InChI=1S/C25H28N2O4/c1-3-13-27-17-21-8-5-4-7-20(21)16-25(24(27)29)18(2)31-23(26-25)19-9-11-22(12-10-19)30-15-6-14-28/h3-5,7-12,18,28H,1,6,13-17H2,2H3/t18-,25-/m0/s1. The van der Waals surface area contributed by atoms with Crippen LogP contribution in [0.5, 0.6) is 5.75 Å². The molecular weight excluding hydrogens is 392 g/mol. The molecule has 6 heteroatoms. The minimum Gasteiger partial charge on any atom is -0.494 e. The smallest absolute Gasteiger partial charge is 0.255 e. The predicted octanol–water partition coefficient (Wildman–Crippen LogP) is 3.12. The van der Waals surface area contributed by atoms with Crippen LogP contribution >= 0.6 is 0 Å². The van der Waals surface area contributed by atoms with E-state index >= 15 is 0 Å². The molecule has 2 aromatic carbocycles. The van der Waals surface area contributed by atoms with E-state index in [2.05, 4.69) is 18.7 Å². The fraction of sp³-hybridized carbons (Fsp3) is 0.360. The molecule has 0 saturated carbocycles. The lowest BCUT2D eigenvalue weighted by Crippen LogP contribution is -2.52. The third-order valence-electron chi connectivity index (χ3n) is 5.88. The van der Waals surface area contributed by atoms with Crippen molar-refractivity contribution in [3.05, 3.63) is 77.9 Å². The molecular formula is C25H28N2O4. The first kappa shape index (κ1) is 21.1. The maximum absolute atomic E-state index is 13.7. The van der Waals surface area contributed by atoms with Gasteiger partial charge in [-0.15, -0.1) is 6.58 Å². The summed E-state index contributed by atoms with van der Waals surface area (Å²) in [5.74, 6) is 1.16. The summed E-state index contributed by atoms with van der Waals surface area (Å²) in [6, 6.07) is 15.6. The van der Waals surface area contributed by atoms with E-state index in [1.807, 2.05) is 48.2 Å². The number of aliphatic imine (C=N–C) groups is 1. The largest absolute Gasteiger partial charge is 0.494 e. The quantitative estimate of drug-likeness (QED) is 0.552. The van der Waals surface area contributed by atoms with E-state index in [9.17, 15) is 4.79 Å². The molecule has 0 fully saturated rings. The number of nitrogens with zero attached hydrogens (tertiary/aromatic N) is 2. The van der Waals surface area contributed by atoms with Gasteiger partial charge in [0.1, 0.15) is 11.9 Å². The van der Waals surface area contributed by atoms with Crippen molar-refractivity contribution in [1.29, 1.82) is 0 Å². The second kappa shape index (κ2) is 8.94. The molecule has 0 aromatic heterocycles. The van der Waals surface area contributed by atoms with Crippen molar-refractivity contribution in [2.24, 2.45) is 4.99 Å². The Hall–Kier alpha value is -3.12. The summed E-state index contributed by atoms with van der Waals surface area (Å²) in [4.78, 5) is 20.4. The van der Waals surface area contributed by atoms with Crippen LogP contribution in [-0.2, 0) is 22.5 Å². The second-order valence-electron chi connectivity index (χ2n) is 7.97. The highest BCUT2D eigenvalue weighted by atomic mass is 16.5. The Morgan fingerprint density at radius 3 is 2.71 bits per heavy atom. The van der Waals surface area contributed by atoms with Gasteiger partial charge in [0.2, 0.25) is 5.90 Å². The van der Waals surface area contributed by atoms with Gasteiger partial charge in [-0.2, -0.15) is 0 Å². The van der Waals surface area contributed by atoms with Crippen molar-refractivity contribution < 1.29 is 19.4 Å². The van der Waals surface area contributed by atoms with E-state index < -0.39 is 11.6 Å². The predicted molar refractivity (Wildman–Crippen MR) is 119 cm³/mol. The fourth-order valence-electron chi connectivity index (χ4n) is 4.15. The van der Waals surface area contributed by atoms with Gasteiger partial charge in [-0.25, -0.2) is 4.99 Å². The van der Waals surface area contributed by atoms with Gasteiger partial charge in [0.05, 0.1) is 6.61 Å². The highest BCUT2D eigenvalue weighted by molar-refractivity contribution is 6.01. The molecule has 2 aromatic rings. The van der Waals surface area contributed by atoms with Crippen molar-refractivity contribution in [2.45, 2.75) is 38.0 Å². The molecule has 0 radical (unpaired) electrons. The van der Waals surface area contributed by atoms with Crippen molar-refractivity contribution in [3.8, 4) is 5.75 Å². The Morgan fingerprint density at radius 1 is 1.26 bits per heavy atom. The fourth-order valence-corrected chi connectivity index (χ4v) is 4.15. The van der Waals surface area contributed by atoms with Crippen LogP contribution < -0.4 is 4.74 Å². The van der Waals surface area contributed by atoms with Gasteiger partial charge in [-0.05, 0) is 42.3 Å².